The molecule has 1 amide bonds. The molecule has 0 unspecified atom stereocenters. The van der Waals surface area contributed by atoms with Crippen molar-refractivity contribution < 1.29 is 9.90 Å². The molecule has 3 nitrogen and oxygen atoms in total. The SMILES string of the molecule is O=C(Nc1ccccc1O)C1CCCCC1. The van der Waals surface area contributed by atoms with Crippen LogP contribution in [0, 0.1) is 5.92 Å². The monoisotopic (exact) mass is 219 g/mol. The Kier molecular flexibility index (Phi) is 3.44. The molecule has 16 heavy (non-hydrogen) atoms. The standard InChI is InChI=1S/C13H17NO2/c15-12-9-5-4-8-11(12)14-13(16)10-6-2-1-3-7-10/h4-5,8-10,15H,1-3,6-7H2,(H,14,16). The number of rotatable bonds is 2. The van der Waals surface area contributed by atoms with Gasteiger partial charge in [-0.2, -0.15) is 0 Å². The lowest BCUT2D eigenvalue weighted by Crippen LogP contribution is -2.24. The van der Waals surface area contributed by atoms with E-state index in [1.165, 1.54) is 6.42 Å². The van der Waals surface area contributed by atoms with E-state index < -0.39 is 0 Å². The lowest BCUT2D eigenvalue weighted by Gasteiger charge is -2.20. The average molecular weight is 219 g/mol. The quantitative estimate of drug-likeness (QED) is 0.751. The zero-order chi connectivity index (χ0) is 11.4. The molecule has 1 aromatic carbocycles. The van der Waals surface area contributed by atoms with Gasteiger partial charge in [-0.1, -0.05) is 31.4 Å². The number of hydrogen-bond acceptors (Lipinski definition) is 2. The zero-order valence-corrected chi connectivity index (χ0v) is 9.28. The van der Waals surface area contributed by atoms with E-state index in [0.29, 0.717) is 5.69 Å². The number of hydrogen-bond donors (Lipinski definition) is 2. The van der Waals surface area contributed by atoms with Crippen LogP contribution in [0.1, 0.15) is 32.1 Å². The first-order valence-corrected chi connectivity index (χ1v) is 5.86. The maximum atomic E-state index is 11.9. The summed E-state index contributed by atoms with van der Waals surface area (Å²) in [5, 5.41) is 12.3. The summed E-state index contributed by atoms with van der Waals surface area (Å²) in [6.45, 7) is 0. The van der Waals surface area contributed by atoms with Crippen LogP contribution in [0.25, 0.3) is 0 Å². The molecule has 1 aromatic rings. The summed E-state index contributed by atoms with van der Waals surface area (Å²) in [7, 11) is 0. The van der Waals surface area contributed by atoms with Gasteiger partial charge in [0.05, 0.1) is 5.69 Å². The molecule has 1 fully saturated rings. The summed E-state index contributed by atoms with van der Waals surface area (Å²) < 4.78 is 0. The predicted molar refractivity (Wildman–Crippen MR) is 63.3 cm³/mol. The van der Waals surface area contributed by atoms with E-state index >= 15 is 0 Å². The van der Waals surface area contributed by atoms with Gasteiger partial charge in [-0.3, -0.25) is 4.79 Å². The molecule has 0 saturated heterocycles. The van der Waals surface area contributed by atoms with E-state index in [2.05, 4.69) is 5.32 Å². The number of amides is 1. The number of aromatic hydroxyl groups is 1. The molecule has 0 aromatic heterocycles. The molecule has 1 saturated carbocycles. The van der Waals surface area contributed by atoms with Crippen LogP contribution in [0.2, 0.25) is 0 Å². The van der Waals surface area contributed by atoms with Crippen molar-refractivity contribution in [1.82, 2.24) is 0 Å². The molecule has 86 valence electrons. The van der Waals surface area contributed by atoms with Crippen molar-refractivity contribution in [3.05, 3.63) is 24.3 Å². The van der Waals surface area contributed by atoms with E-state index in [1.807, 2.05) is 0 Å². The maximum absolute atomic E-state index is 11.9. The Labute approximate surface area is 95.5 Å². The van der Waals surface area contributed by atoms with Crippen LogP contribution >= 0.6 is 0 Å². The van der Waals surface area contributed by atoms with E-state index in [9.17, 15) is 9.90 Å². The number of nitrogens with one attached hydrogen (secondary N) is 1. The second-order valence-electron chi connectivity index (χ2n) is 4.34. The summed E-state index contributed by atoms with van der Waals surface area (Å²) >= 11 is 0. The second-order valence-corrected chi connectivity index (χ2v) is 4.34. The molecule has 1 aliphatic carbocycles. The van der Waals surface area contributed by atoms with Gasteiger partial charge in [0.2, 0.25) is 5.91 Å². The zero-order valence-electron chi connectivity index (χ0n) is 9.28. The summed E-state index contributed by atoms with van der Waals surface area (Å²) in [6, 6.07) is 6.84. The molecular weight excluding hydrogens is 202 g/mol. The Morgan fingerprint density at radius 1 is 1.19 bits per heavy atom. The molecule has 0 heterocycles. The average Bonchev–Trinajstić information content (AvgIpc) is 2.33. The Balaban J connectivity index is 1.99. The topological polar surface area (TPSA) is 49.3 Å². The third-order valence-electron chi connectivity index (χ3n) is 3.14. The number of carbonyl (C=O) groups excluding carboxylic acids is 1. The Morgan fingerprint density at radius 3 is 2.56 bits per heavy atom. The fraction of sp³-hybridized carbons (Fsp3) is 0.462. The van der Waals surface area contributed by atoms with Crippen LogP contribution in [0.15, 0.2) is 24.3 Å². The van der Waals surface area contributed by atoms with Gasteiger partial charge in [-0.15, -0.1) is 0 Å². The van der Waals surface area contributed by atoms with Gasteiger partial charge in [-0.25, -0.2) is 0 Å². The number of para-hydroxylation sites is 2. The molecular formula is C13H17NO2. The van der Waals surface area contributed by atoms with E-state index in [0.717, 1.165) is 25.7 Å². The molecule has 0 spiro atoms. The van der Waals surface area contributed by atoms with Crippen molar-refractivity contribution in [3.63, 3.8) is 0 Å². The maximum Gasteiger partial charge on any atom is 0.227 e. The molecule has 0 radical (unpaired) electrons. The lowest BCUT2D eigenvalue weighted by molar-refractivity contribution is -0.120. The van der Waals surface area contributed by atoms with Gasteiger partial charge >= 0.3 is 0 Å². The van der Waals surface area contributed by atoms with Gasteiger partial charge in [0, 0.05) is 5.92 Å². The first-order valence-electron chi connectivity index (χ1n) is 5.86. The van der Waals surface area contributed by atoms with Crippen LogP contribution in [0.4, 0.5) is 5.69 Å². The van der Waals surface area contributed by atoms with Crippen molar-refractivity contribution in [3.8, 4) is 5.75 Å². The summed E-state index contributed by atoms with van der Waals surface area (Å²) in [5.41, 5.74) is 0.512. The number of phenols is 1. The first kappa shape index (κ1) is 11.0. The van der Waals surface area contributed by atoms with Crippen molar-refractivity contribution in [2.45, 2.75) is 32.1 Å². The van der Waals surface area contributed by atoms with Crippen LogP contribution in [0.3, 0.4) is 0 Å². The third-order valence-corrected chi connectivity index (χ3v) is 3.14. The van der Waals surface area contributed by atoms with Gasteiger partial charge in [-0.05, 0) is 25.0 Å². The van der Waals surface area contributed by atoms with Crippen LogP contribution in [-0.4, -0.2) is 11.0 Å². The predicted octanol–water partition coefficient (Wildman–Crippen LogP) is 2.91. The van der Waals surface area contributed by atoms with Crippen LogP contribution in [-0.2, 0) is 4.79 Å². The van der Waals surface area contributed by atoms with Crippen molar-refractivity contribution >= 4 is 11.6 Å². The van der Waals surface area contributed by atoms with E-state index in [4.69, 9.17) is 0 Å². The first-order chi connectivity index (χ1) is 7.77. The molecule has 0 bridgehead atoms. The fourth-order valence-corrected chi connectivity index (χ4v) is 2.18. The Hall–Kier alpha value is -1.51. The minimum atomic E-state index is 0.0428. The highest BCUT2D eigenvalue weighted by atomic mass is 16.3. The van der Waals surface area contributed by atoms with Gasteiger partial charge in [0.25, 0.3) is 0 Å². The second kappa shape index (κ2) is 5.01. The lowest BCUT2D eigenvalue weighted by atomic mass is 9.88. The highest BCUT2D eigenvalue weighted by molar-refractivity contribution is 5.93. The normalized spacial score (nSPS) is 17.0. The number of anilines is 1. The summed E-state index contributed by atoms with van der Waals surface area (Å²) in [5.74, 6) is 0.293. The minimum Gasteiger partial charge on any atom is -0.506 e. The van der Waals surface area contributed by atoms with Crippen molar-refractivity contribution in [1.29, 1.82) is 0 Å². The molecule has 0 atom stereocenters. The Bertz CT molecular complexity index is 370. The van der Waals surface area contributed by atoms with Crippen LogP contribution in [0.5, 0.6) is 5.75 Å². The van der Waals surface area contributed by atoms with E-state index in [1.54, 1.807) is 24.3 Å². The number of carbonyl (C=O) groups is 1. The van der Waals surface area contributed by atoms with Crippen molar-refractivity contribution in [2.75, 3.05) is 5.32 Å². The molecule has 3 heteroatoms. The van der Waals surface area contributed by atoms with Crippen LogP contribution < -0.4 is 5.32 Å². The van der Waals surface area contributed by atoms with Gasteiger partial charge in [0.1, 0.15) is 5.75 Å². The number of benzene rings is 1. The smallest absolute Gasteiger partial charge is 0.227 e. The summed E-state index contributed by atoms with van der Waals surface area (Å²) in [4.78, 5) is 11.9. The third kappa shape index (κ3) is 2.54. The minimum absolute atomic E-state index is 0.0428. The van der Waals surface area contributed by atoms with Gasteiger partial charge in [0.15, 0.2) is 0 Å². The van der Waals surface area contributed by atoms with Gasteiger partial charge < -0.3 is 10.4 Å². The Morgan fingerprint density at radius 2 is 1.88 bits per heavy atom. The highest BCUT2D eigenvalue weighted by Crippen LogP contribution is 2.27. The molecule has 2 rings (SSSR count). The molecule has 1 aliphatic rings. The van der Waals surface area contributed by atoms with Crippen molar-refractivity contribution in [2.24, 2.45) is 5.92 Å². The highest BCUT2D eigenvalue weighted by Gasteiger charge is 2.21. The fourth-order valence-electron chi connectivity index (χ4n) is 2.18. The number of phenolic OH excluding ortho intramolecular Hbond substituents is 1. The summed E-state index contributed by atoms with van der Waals surface area (Å²) in [6.07, 6.45) is 5.46. The molecule has 2 N–H and O–H groups in total. The van der Waals surface area contributed by atoms with E-state index in [-0.39, 0.29) is 17.6 Å². The largest absolute Gasteiger partial charge is 0.506 e. The molecule has 0 aliphatic heterocycles.